The Morgan fingerprint density at radius 1 is 1.42 bits per heavy atom. The van der Waals surface area contributed by atoms with Gasteiger partial charge in [-0.2, -0.15) is 0 Å². The van der Waals surface area contributed by atoms with Crippen LogP contribution in [-0.2, 0) is 9.59 Å². The minimum Gasteiger partial charge on any atom is -0.355 e. The molecule has 3 rings (SSSR count). The summed E-state index contributed by atoms with van der Waals surface area (Å²) in [7, 11) is 0. The fourth-order valence-corrected chi connectivity index (χ4v) is 3.04. The van der Waals surface area contributed by atoms with Crippen molar-refractivity contribution in [2.75, 3.05) is 31.1 Å². The van der Waals surface area contributed by atoms with Gasteiger partial charge in [0.2, 0.25) is 5.91 Å². The van der Waals surface area contributed by atoms with Gasteiger partial charge >= 0.3 is 6.03 Å². The van der Waals surface area contributed by atoms with Gasteiger partial charge in [-0.15, -0.1) is 0 Å². The van der Waals surface area contributed by atoms with Crippen molar-refractivity contribution in [2.45, 2.75) is 25.8 Å². The molecule has 1 aromatic rings. The average molecular weight is 331 g/mol. The molecule has 0 aliphatic carbocycles. The van der Waals surface area contributed by atoms with Crippen molar-refractivity contribution in [1.29, 1.82) is 0 Å². The molecule has 0 spiro atoms. The van der Waals surface area contributed by atoms with Crippen molar-refractivity contribution in [3.05, 3.63) is 23.9 Å². The summed E-state index contributed by atoms with van der Waals surface area (Å²) < 4.78 is 0. The van der Waals surface area contributed by atoms with Gasteiger partial charge in [-0.1, -0.05) is 6.07 Å². The Labute approximate surface area is 140 Å². The number of rotatable bonds is 4. The second kappa shape index (κ2) is 6.86. The van der Waals surface area contributed by atoms with Gasteiger partial charge in [0.05, 0.1) is 6.54 Å². The molecule has 4 amide bonds. The molecule has 1 aromatic heterocycles. The summed E-state index contributed by atoms with van der Waals surface area (Å²) in [6, 6.07) is 5.35. The fraction of sp³-hybridized carbons (Fsp3) is 0.500. The molecule has 2 saturated heterocycles. The molecular weight excluding hydrogens is 310 g/mol. The van der Waals surface area contributed by atoms with Crippen LogP contribution in [0.1, 0.15) is 18.5 Å². The van der Waals surface area contributed by atoms with E-state index < -0.39 is 6.03 Å². The predicted octanol–water partition coefficient (Wildman–Crippen LogP) is 0.0268. The topological polar surface area (TPSA) is 94.6 Å². The summed E-state index contributed by atoms with van der Waals surface area (Å²) in [4.78, 5) is 42.8. The normalized spacial score (nSPS) is 21.0. The zero-order chi connectivity index (χ0) is 17.1. The number of hydrogen-bond donors (Lipinski definition) is 2. The Hall–Kier alpha value is -2.64. The number of amides is 4. The number of pyridine rings is 1. The van der Waals surface area contributed by atoms with Crippen molar-refractivity contribution < 1.29 is 14.4 Å². The number of aromatic nitrogens is 1. The highest BCUT2D eigenvalue weighted by Gasteiger charge is 2.31. The first-order valence-electron chi connectivity index (χ1n) is 8.09. The van der Waals surface area contributed by atoms with E-state index in [1.165, 1.54) is 0 Å². The number of carbonyl (C=O) groups is 3. The van der Waals surface area contributed by atoms with E-state index in [-0.39, 0.29) is 30.9 Å². The molecule has 8 heteroatoms. The summed E-state index contributed by atoms with van der Waals surface area (Å²) in [5, 5.41) is 5.32. The zero-order valence-electron chi connectivity index (χ0n) is 13.6. The Morgan fingerprint density at radius 2 is 2.25 bits per heavy atom. The number of carbonyl (C=O) groups excluding carboxylic acids is 3. The maximum absolute atomic E-state index is 12.1. The van der Waals surface area contributed by atoms with Crippen LogP contribution in [0, 0.1) is 6.92 Å². The van der Waals surface area contributed by atoms with Crippen LogP contribution in [0.2, 0.25) is 0 Å². The summed E-state index contributed by atoms with van der Waals surface area (Å²) in [6.07, 6.45) is 1.82. The summed E-state index contributed by atoms with van der Waals surface area (Å²) in [5.74, 6) is 0.219. The lowest BCUT2D eigenvalue weighted by atomic mass is 10.1. The maximum Gasteiger partial charge on any atom is 0.325 e. The third kappa shape index (κ3) is 3.64. The number of piperidine rings is 1. The molecule has 0 radical (unpaired) electrons. The van der Waals surface area contributed by atoms with Gasteiger partial charge in [0.15, 0.2) is 0 Å². The van der Waals surface area contributed by atoms with Crippen LogP contribution in [0.4, 0.5) is 10.6 Å². The molecule has 0 saturated carbocycles. The van der Waals surface area contributed by atoms with Crippen molar-refractivity contribution in [3.63, 3.8) is 0 Å². The number of hydrogen-bond acceptors (Lipinski definition) is 5. The SMILES string of the molecule is Cc1cccc(N2CCC[C@@H](NC(=O)CN3C(=O)CNC3=O)C2)n1. The molecule has 2 fully saturated rings. The first-order chi connectivity index (χ1) is 11.5. The van der Waals surface area contributed by atoms with Crippen LogP contribution in [0.25, 0.3) is 0 Å². The lowest BCUT2D eigenvalue weighted by Crippen LogP contribution is -2.51. The van der Waals surface area contributed by atoms with Crippen molar-refractivity contribution in [1.82, 2.24) is 20.5 Å². The minimum atomic E-state index is -0.510. The average Bonchev–Trinajstić information content (AvgIpc) is 2.87. The molecule has 0 aromatic carbocycles. The van der Waals surface area contributed by atoms with E-state index in [1.807, 2.05) is 25.1 Å². The van der Waals surface area contributed by atoms with Gasteiger partial charge in [-0.25, -0.2) is 9.78 Å². The first-order valence-corrected chi connectivity index (χ1v) is 8.09. The molecule has 2 N–H and O–H groups in total. The molecule has 3 heterocycles. The van der Waals surface area contributed by atoms with Gasteiger partial charge in [0.25, 0.3) is 5.91 Å². The summed E-state index contributed by atoms with van der Waals surface area (Å²) in [6.45, 7) is 3.25. The van der Waals surface area contributed by atoms with Gasteiger partial charge in [0, 0.05) is 24.8 Å². The number of nitrogens with zero attached hydrogens (tertiary/aromatic N) is 3. The van der Waals surface area contributed by atoms with Crippen LogP contribution in [-0.4, -0.2) is 60.0 Å². The quantitative estimate of drug-likeness (QED) is 0.759. The van der Waals surface area contributed by atoms with Crippen LogP contribution in [0.3, 0.4) is 0 Å². The van der Waals surface area contributed by atoms with E-state index in [2.05, 4.69) is 20.5 Å². The molecule has 0 unspecified atom stereocenters. The first kappa shape index (κ1) is 16.2. The zero-order valence-corrected chi connectivity index (χ0v) is 13.6. The van der Waals surface area contributed by atoms with Crippen molar-refractivity contribution >= 4 is 23.7 Å². The smallest absolute Gasteiger partial charge is 0.325 e. The summed E-state index contributed by atoms with van der Waals surface area (Å²) >= 11 is 0. The van der Waals surface area contributed by atoms with E-state index in [4.69, 9.17) is 0 Å². The Kier molecular flexibility index (Phi) is 4.64. The molecule has 1 atom stereocenters. The Balaban J connectivity index is 1.56. The number of nitrogens with one attached hydrogen (secondary N) is 2. The Bertz CT molecular complexity index is 647. The molecule has 2 aliphatic rings. The highest BCUT2D eigenvalue weighted by Crippen LogP contribution is 2.18. The third-order valence-electron chi connectivity index (χ3n) is 4.22. The summed E-state index contributed by atoms with van der Waals surface area (Å²) in [5.41, 5.74) is 0.956. The van der Waals surface area contributed by atoms with Gasteiger partial charge in [-0.05, 0) is 31.9 Å². The highest BCUT2D eigenvalue weighted by molar-refractivity contribution is 6.04. The number of urea groups is 1. The number of anilines is 1. The number of imide groups is 1. The molecular formula is C16H21N5O3. The molecule has 0 bridgehead atoms. The predicted molar refractivity (Wildman–Crippen MR) is 87.5 cm³/mol. The third-order valence-corrected chi connectivity index (χ3v) is 4.22. The van der Waals surface area contributed by atoms with Crippen LogP contribution in [0.5, 0.6) is 0 Å². The molecule has 2 aliphatic heterocycles. The standard InChI is InChI=1S/C16H21N5O3/c1-11-4-2-6-13(18-11)20-7-3-5-12(9-20)19-14(22)10-21-15(23)8-17-16(21)24/h2,4,6,12H,3,5,7-10H2,1H3,(H,17,24)(H,19,22)/t12-/m1/s1. The minimum absolute atomic E-state index is 0.0191. The lowest BCUT2D eigenvalue weighted by Gasteiger charge is -2.34. The van der Waals surface area contributed by atoms with Gasteiger partial charge in [-0.3, -0.25) is 14.5 Å². The second-order valence-electron chi connectivity index (χ2n) is 6.13. The second-order valence-corrected chi connectivity index (χ2v) is 6.13. The highest BCUT2D eigenvalue weighted by atomic mass is 16.2. The van der Waals surface area contributed by atoms with Crippen molar-refractivity contribution in [2.24, 2.45) is 0 Å². The van der Waals surface area contributed by atoms with E-state index in [0.717, 1.165) is 35.8 Å². The maximum atomic E-state index is 12.1. The van der Waals surface area contributed by atoms with Gasteiger partial charge < -0.3 is 15.5 Å². The van der Waals surface area contributed by atoms with Crippen molar-refractivity contribution in [3.8, 4) is 0 Å². The van der Waals surface area contributed by atoms with E-state index >= 15 is 0 Å². The van der Waals surface area contributed by atoms with E-state index in [9.17, 15) is 14.4 Å². The van der Waals surface area contributed by atoms with Crippen LogP contribution >= 0.6 is 0 Å². The van der Waals surface area contributed by atoms with Crippen LogP contribution < -0.4 is 15.5 Å². The monoisotopic (exact) mass is 331 g/mol. The fourth-order valence-electron chi connectivity index (χ4n) is 3.04. The van der Waals surface area contributed by atoms with E-state index in [1.54, 1.807) is 0 Å². The van der Waals surface area contributed by atoms with Crippen LogP contribution in [0.15, 0.2) is 18.2 Å². The molecule has 128 valence electrons. The molecule has 24 heavy (non-hydrogen) atoms. The molecule has 8 nitrogen and oxygen atoms in total. The Morgan fingerprint density at radius 3 is 2.96 bits per heavy atom. The number of aryl methyl sites for hydroxylation is 1. The van der Waals surface area contributed by atoms with Gasteiger partial charge in [0.1, 0.15) is 12.4 Å². The largest absolute Gasteiger partial charge is 0.355 e. The lowest BCUT2D eigenvalue weighted by molar-refractivity contribution is -0.130. The van der Waals surface area contributed by atoms with E-state index in [0.29, 0.717) is 6.54 Å².